The molecule has 2 atom stereocenters. The number of nitrogens with one attached hydrogen (secondary N) is 1. The van der Waals surface area contributed by atoms with Gasteiger partial charge in [-0.2, -0.15) is 0 Å². The number of halogens is 2. The highest BCUT2D eigenvalue weighted by molar-refractivity contribution is 6.30. The predicted octanol–water partition coefficient (Wildman–Crippen LogP) is 1.56. The zero-order valence-electron chi connectivity index (χ0n) is 8.26. The molecule has 2 rings (SSSR count). The molecule has 0 amide bonds. The molecule has 5 heteroatoms. The molecule has 0 aromatic heterocycles. The Morgan fingerprint density at radius 2 is 2.33 bits per heavy atom. The normalized spacial score (nSPS) is 30.8. The third-order valence-electron chi connectivity index (χ3n) is 2.51. The molecule has 0 bridgehead atoms. The molecule has 1 heterocycles. The fourth-order valence-corrected chi connectivity index (χ4v) is 1.91. The second-order valence-corrected chi connectivity index (χ2v) is 4.30. The lowest BCUT2D eigenvalue weighted by Crippen LogP contribution is -2.43. The van der Waals surface area contributed by atoms with Gasteiger partial charge in [-0.25, -0.2) is 4.39 Å². The van der Waals surface area contributed by atoms with Gasteiger partial charge in [-0.15, -0.1) is 0 Å². The first-order valence-electron chi connectivity index (χ1n) is 4.61. The summed E-state index contributed by atoms with van der Waals surface area (Å²) in [4.78, 5) is 0. The molecular formula is C10H12ClFN2O. The summed E-state index contributed by atoms with van der Waals surface area (Å²) < 4.78 is 18.4. The van der Waals surface area contributed by atoms with Crippen molar-refractivity contribution in [2.75, 3.05) is 6.61 Å². The van der Waals surface area contributed by atoms with Crippen LogP contribution in [0.25, 0.3) is 0 Å². The van der Waals surface area contributed by atoms with E-state index in [1.54, 1.807) is 6.07 Å². The minimum Gasteiger partial charge on any atom is -0.348 e. The Labute approximate surface area is 92.4 Å². The Morgan fingerprint density at radius 1 is 1.60 bits per heavy atom. The van der Waals surface area contributed by atoms with Crippen molar-refractivity contribution in [1.29, 1.82) is 0 Å². The maximum Gasteiger partial charge on any atom is 0.161 e. The molecule has 1 saturated heterocycles. The third-order valence-corrected chi connectivity index (χ3v) is 2.73. The van der Waals surface area contributed by atoms with Crippen LogP contribution < -0.4 is 11.1 Å². The monoisotopic (exact) mass is 230 g/mol. The van der Waals surface area contributed by atoms with Crippen molar-refractivity contribution in [1.82, 2.24) is 5.32 Å². The van der Waals surface area contributed by atoms with E-state index in [1.807, 2.05) is 6.92 Å². The molecule has 1 aliphatic heterocycles. The number of benzene rings is 1. The molecule has 15 heavy (non-hydrogen) atoms. The van der Waals surface area contributed by atoms with E-state index < -0.39 is 11.9 Å². The Hall–Kier alpha value is -0.680. The lowest BCUT2D eigenvalue weighted by atomic mass is 9.94. The van der Waals surface area contributed by atoms with Crippen LogP contribution in [0.3, 0.4) is 0 Å². The fourth-order valence-electron chi connectivity index (χ4n) is 1.69. The first-order chi connectivity index (χ1) is 6.99. The number of hydrogen-bond acceptors (Lipinski definition) is 3. The minimum atomic E-state index is -0.517. The molecule has 82 valence electrons. The van der Waals surface area contributed by atoms with Crippen LogP contribution in [0.5, 0.6) is 0 Å². The van der Waals surface area contributed by atoms with Gasteiger partial charge in [0.05, 0.1) is 12.1 Å². The molecule has 3 nitrogen and oxygen atoms in total. The van der Waals surface area contributed by atoms with Crippen molar-refractivity contribution < 1.29 is 9.13 Å². The van der Waals surface area contributed by atoms with Gasteiger partial charge >= 0.3 is 0 Å². The van der Waals surface area contributed by atoms with Crippen LogP contribution in [0.2, 0.25) is 5.02 Å². The summed E-state index contributed by atoms with van der Waals surface area (Å²) in [5.41, 5.74) is 5.82. The average Bonchev–Trinajstić information content (AvgIpc) is 2.46. The first-order valence-corrected chi connectivity index (χ1v) is 4.99. The van der Waals surface area contributed by atoms with E-state index in [4.69, 9.17) is 22.1 Å². The van der Waals surface area contributed by atoms with E-state index >= 15 is 0 Å². The van der Waals surface area contributed by atoms with Gasteiger partial charge in [0.15, 0.2) is 6.35 Å². The third kappa shape index (κ3) is 2.13. The van der Waals surface area contributed by atoms with E-state index in [2.05, 4.69) is 5.32 Å². The second kappa shape index (κ2) is 3.72. The maximum absolute atomic E-state index is 13.2. The van der Waals surface area contributed by atoms with Gasteiger partial charge in [0, 0.05) is 5.02 Å². The summed E-state index contributed by atoms with van der Waals surface area (Å²) in [5, 5.41) is 3.40. The smallest absolute Gasteiger partial charge is 0.161 e. The Kier molecular flexibility index (Phi) is 2.68. The maximum atomic E-state index is 13.2. The summed E-state index contributed by atoms with van der Waals surface area (Å²) in [5.74, 6) is -0.360. The molecular weight excluding hydrogens is 219 g/mol. The number of ether oxygens (including phenoxy) is 1. The molecule has 2 unspecified atom stereocenters. The average molecular weight is 231 g/mol. The minimum absolute atomic E-state index is 0.360. The zero-order valence-corrected chi connectivity index (χ0v) is 9.01. The van der Waals surface area contributed by atoms with Crippen LogP contribution in [0.15, 0.2) is 18.2 Å². The quantitative estimate of drug-likeness (QED) is 0.770. The summed E-state index contributed by atoms with van der Waals surface area (Å²) in [6.07, 6.45) is -0.517. The van der Waals surface area contributed by atoms with Gasteiger partial charge < -0.3 is 4.74 Å². The van der Waals surface area contributed by atoms with Crippen LogP contribution in [0.4, 0.5) is 4.39 Å². The summed E-state index contributed by atoms with van der Waals surface area (Å²) >= 11 is 5.79. The van der Waals surface area contributed by atoms with Gasteiger partial charge in [0.25, 0.3) is 0 Å². The van der Waals surface area contributed by atoms with Crippen molar-refractivity contribution >= 4 is 11.6 Å². The summed E-state index contributed by atoms with van der Waals surface area (Å²) in [6.45, 7) is 2.29. The van der Waals surface area contributed by atoms with Gasteiger partial charge in [0.1, 0.15) is 5.82 Å². The molecule has 1 aromatic carbocycles. The van der Waals surface area contributed by atoms with Crippen LogP contribution >= 0.6 is 11.6 Å². The van der Waals surface area contributed by atoms with E-state index in [1.165, 1.54) is 12.1 Å². The topological polar surface area (TPSA) is 47.3 Å². The molecule has 0 saturated carbocycles. The van der Waals surface area contributed by atoms with E-state index in [0.29, 0.717) is 11.6 Å². The molecule has 0 spiro atoms. The van der Waals surface area contributed by atoms with Gasteiger partial charge in [-0.05, 0) is 30.7 Å². The lowest BCUT2D eigenvalue weighted by molar-refractivity contribution is 0.103. The number of rotatable bonds is 1. The SMILES string of the molecule is CC1(c2cc(F)cc(Cl)c2)COC(N)N1. The molecule has 1 aromatic rings. The van der Waals surface area contributed by atoms with Crippen molar-refractivity contribution in [3.05, 3.63) is 34.6 Å². The first kappa shape index (κ1) is 10.8. The number of hydrogen-bond donors (Lipinski definition) is 2. The summed E-state index contributed by atoms with van der Waals surface area (Å²) in [7, 11) is 0. The Morgan fingerprint density at radius 3 is 2.87 bits per heavy atom. The highest BCUT2D eigenvalue weighted by Crippen LogP contribution is 2.28. The zero-order chi connectivity index (χ0) is 11.1. The number of nitrogens with two attached hydrogens (primary N) is 1. The molecule has 1 aliphatic rings. The molecule has 3 N–H and O–H groups in total. The lowest BCUT2D eigenvalue weighted by Gasteiger charge is -2.23. The van der Waals surface area contributed by atoms with Crippen LogP contribution in [0, 0.1) is 5.82 Å². The van der Waals surface area contributed by atoms with Gasteiger partial charge in [-0.1, -0.05) is 11.6 Å². The van der Waals surface area contributed by atoms with Crippen LogP contribution in [-0.2, 0) is 10.3 Å². The molecule has 1 fully saturated rings. The largest absolute Gasteiger partial charge is 0.348 e. The van der Waals surface area contributed by atoms with E-state index in [0.717, 1.165) is 5.56 Å². The van der Waals surface area contributed by atoms with Gasteiger partial charge in [-0.3, -0.25) is 11.1 Å². The molecule has 0 aliphatic carbocycles. The predicted molar refractivity (Wildman–Crippen MR) is 55.8 cm³/mol. The van der Waals surface area contributed by atoms with Crippen molar-refractivity contribution in [3.63, 3.8) is 0 Å². The van der Waals surface area contributed by atoms with E-state index in [9.17, 15) is 4.39 Å². The van der Waals surface area contributed by atoms with Gasteiger partial charge in [0.2, 0.25) is 0 Å². The highest BCUT2D eigenvalue weighted by Gasteiger charge is 2.35. The fraction of sp³-hybridized carbons (Fsp3) is 0.400. The molecule has 0 radical (unpaired) electrons. The summed E-state index contributed by atoms with van der Waals surface area (Å²) in [6, 6.07) is 4.41. The van der Waals surface area contributed by atoms with Crippen LogP contribution in [0.1, 0.15) is 12.5 Å². The standard InChI is InChI=1S/C10H12ClFN2O/c1-10(5-15-9(13)14-10)6-2-7(11)4-8(12)3-6/h2-4,9,14H,5,13H2,1H3. The van der Waals surface area contributed by atoms with Crippen LogP contribution in [-0.4, -0.2) is 13.0 Å². The van der Waals surface area contributed by atoms with E-state index in [-0.39, 0.29) is 5.82 Å². The Bertz CT molecular complexity index is 367. The highest BCUT2D eigenvalue weighted by atomic mass is 35.5. The van der Waals surface area contributed by atoms with Crippen molar-refractivity contribution in [2.24, 2.45) is 5.73 Å². The second-order valence-electron chi connectivity index (χ2n) is 3.87. The Balaban J connectivity index is 2.36. The van der Waals surface area contributed by atoms with Crippen molar-refractivity contribution in [3.8, 4) is 0 Å². The van der Waals surface area contributed by atoms with Crippen molar-refractivity contribution in [2.45, 2.75) is 18.8 Å².